The van der Waals surface area contributed by atoms with Gasteiger partial charge in [0.15, 0.2) is 5.96 Å². The molecule has 5 N–H and O–H groups in total. The van der Waals surface area contributed by atoms with Crippen LogP contribution in [0.1, 0.15) is 60.8 Å². The standard InChI is InChI=1S/C16H31N3O5/c1-14(2,3)23-11(21)16(19-13(17)18,9-7-8-10-20)12(22)24-15(4,5)6/h20H,7-10H2,1-6H3,(H4,17,18,19). The van der Waals surface area contributed by atoms with E-state index in [0.717, 1.165) is 0 Å². The highest BCUT2D eigenvalue weighted by atomic mass is 16.6. The lowest BCUT2D eigenvalue weighted by molar-refractivity contribution is -0.177. The third-order valence-electron chi connectivity index (χ3n) is 2.74. The number of aliphatic imine (C=N–C) groups is 1. The number of nitrogens with zero attached hydrogens (tertiary/aromatic N) is 1. The Labute approximate surface area is 143 Å². The summed E-state index contributed by atoms with van der Waals surface area (Å²) in [6.45, 7) is 9.96. The topological polar surface area (TPSA) is 137 Å². The Morgan fingerprint density at radius 2 is 1.33 bits per heavy atom. The number of hydrogen-bond acceptors (Lipinski definition) is 6. The molecule has 0 amide bonds. The molecule has 0 aliphatic heterocycles. The van der Waals surface area contributed by atoms with Crippen molar-refractivity contribution in [2.24, 2.45) is 16.5 Å². The van der Waals surface area contributed by atoms with Crippen LogP contribution in [0.15, 0.2) is 4.99 Å². The molecule has 0 aromatic heterocycles. The van der Waals surface area contributed by atoms with Gasteiger partial charge in [-0.25, -0.2) is 14.6 Å². The number of esters is 2. The van der Waals surface area contributed by atoms with Gasteiger partial charge in [0, 0.05) is 6.61 Å². The zero-order valence-corrected chi connectivity index (χ0v) is 15.5. The zero-order valence-electron chi connectivity index (χ0n) is 15.5. The molecule has 0 saturated carbocycles. The molecular weight excluding hydrogens is 314 g/mol. The maximum atomic E-state index is 12.7. The predicted molar refractivity (Wildman–Crippen MR) is 91.2 cm³/mol. The van der Waals surface area contributed by atoms with E-state index in [1.165, 1.54) is 0 Å². The number of guanidine groups is 1. The second-order valence-corrected chi connectivity index (χ2v) is 7.58. The van der Waals surface area contributed by atoms with Gasteiger partial charge in [0.25, 0.3) is 5.54 Å². The Bertz CT molecular complexity index is 443. The van der Waals surface area contributed by atoms with Crippen LogP contribution in [0.3, 0.4) is 0 Å². The Hall–Kier alpha value is -1.83. The molecule has 0 fully saturated rings. The molecule has 0 rings (SSSR count). The summed E-state index contributed by atoms with van der Waals surface area (Å²) in [7, 11) is 0. The monoisotopic (exact) mass is 345 g/mol. The van der Waals surface area contributed by atoms with Gasteiger partial charge < -0.3 is 26.0 Å². The summed E-state index contributed by atoms with van der Waals surface area (Å²) in [6, 6.07) is 0. The number of aliphatic hydroxyl groups is 1. The maximum absolute atomic E-state index is 12.7. The van der Waals surface area contributed by atoms with E-state index in [2.05, 4.69) is 4.99 Å². The quantitative estimate of drug-likeness (QED) is 0.204. The fourth-order valence-corrected chi connectivity index (χ4v) is 1.87. The molecule has 0 heterocycles. The highest BCUT2D eigenvalue weighted by molar-refractivity contribution is 6.07. The molecule has 8 heteroatoms. The normalized spacial score (nSPS) is 12.5. The number of ether oxygens (including phenoxy) is 2. The molecule has 140 valence electrons. The van der Waals surface area contributed by atoms with Crippen LogP contribution in [0.25, 0.3) is 0 Å². The first-order chi connectivity index (χ1) is 10.7. The minimum absolute atomic E-state index is 0.0325. The lowest BCUT2D eigenvalue weighted by Crippen LogP contribution is -2.52. The van der Waals surface area contributed by atoms with Crippen LogP contribution in [0.4, 0.5) is 0 Å². The van der Waals surface area contributed by atoms with Gasteiger partial charge in [0.05, 0.1) is 0 Å². The number of carbonyl (C=O) groups excluding carboxylic acids is 2. The van der Waals surface area contributed by atoms with Crippen LogP contribution >= 0.6 is 0 Å². The summed E-state index contributed by atoms with van der Waals surface area (Å²) in [6.07, 6.45) is 0.689. The van der Waals surface area contributed by atoms with Crippen LogP contribution in [0.2, 0.25) is 0 Å². The maximum Gasteiger partial charge on any atom is 0.346 e. The van der Waals surface area contributed by atoms with E-state index in [9.17, 15) is 9.59 Å². The van der Waals surface area contributed by atoms with Crippen molar-refractivity contribution in [3.05, 3.63) is 0 Å². The summed E-state index contributed by atoms with van der Waals surface area (Å²) in [4.78, 5) is 29.4. The van der Waals surface area contributed by atoms with Crippen LogP contribution < -0.4 is 11.5 Å². The summed E-state index contributed by atoms with van der Waals surface area (Å²) in [5, 5.41) is 8.98. The molecule has 0 radical (unpaired) electrons. The van der Waals surface area contributed by atoms with Crippen molar-refractivity contribution in [3.63, 3.8) is 0 Å². The van der Waals surface area contributed by atoms with Crippen LogP contribution in [-0.2, 0) is 19.1 Å². The van der Waals surface area contributed by atoms with Gasteiger partial charge in [0.2, 0.25) is 0 Å². The predicted octanol–water partition coefficient (Wildman–Crippen LogP) is 0.845. The van der Waals surface area contributed by atoms with E-state index in [1.807, 2.05) is 0 Å². The van der Waals surface area contributed by atoms with Gasteiger partial charge in [0.1, 0.15) is 11.2 Å². The Morgan fingerprint density at radius 3 is 1.62 bits per heavy atom. The molecule has 24 heavy (non-hydrogen) atoms. The third-order valence-corrected chi connectivity index (χ3v) is 2.74. The van der Waals surface area contributed by atoms with Crippen molar-refractivity contribution in [1.29, 1.82) is 0 Å². The minimum Gasteiger partial charge on any atom is -0.458 e. The van der Waals surface area contributed by atoms with Crippen molar-refractivity contribution in [2.45, 2.75) is 77.5 Å². The summed E-state index contributed by atoms with van der Waals surface area (Å²) < 4.78 is 10.7. The van der Waals surface area contributed by atoms with E-state index >= 15 is 0 Å². The highest BCUT2D eigenvalue weighted by Crippen LogP contribution is 2.28. The molecule has 8 nitrogen and oxygen atoms in total. The largest absolute Gasteiger partial charge is 0.458 e. The number of aliphatic hydroxyl groups excluding tert-OH is 1. The van der Waals surface area contributed by atoms with Crippen molar-refractivity contribution in [1.82, 2.24) is 0 Å². The third kappa shape index (κ3) is 7.63. The first-order valence-corrected chi connectivity index (χ1v) is 7.92. The van der Waals surface area contributed by atoms with E-state index in [0.29, 0.717) is 12.8 Å². The minimum atomic E-state index is -1.99. The van der Waals surface area contributed by atoms with Gasteiger partial charge in [-0.2, -0.15) is 0 Å². The first kappa shape index (κ1) is 22.2. The second-order valence-electron chi connectivity index (χ2n) is 7.58. The number of nitrogens with two attached hydrogens (primary N) is 2. The zero-order chi connectivity index (χ0) is 19.2. The summed E-state index contributed by atoms with van der Waals surface area (Å²) >= 11 is 0. The SMILES string of the molecule is CC(C)(C)OC(=O)C(CCCCO)(N=C(N)N)C(=O)OC(C)(C)C. The Morgan fingerprint density at radius 1 is 0.917 bits per heavy atom. The molecule has 0 aliphatic rings. The Kier molecular flexibility index (Phi) is 7.69. The van der Waals surface area contributed by atoms with Gasteiger partial charge in [-0.05, 0) is 60.8 Å². The highest BCUT2D eigenvalue weighted by Gasteiger charge is 2.51. The summed E-state index contributed by atoms with van der Waals surface area (Å²) in [5.41, 5.74) is 7.24. The van der Waals surface area contributed by atoms with Gasteiger partial charge >= 0.3 is 11.9 Å². The molecule has 0 aliphatic carbocycles. The van der Waals surface area contributed by atoms with E-state index in [4.69, 9.17) is 26.0 Å². The molecule has 0 bridgehead atoms. The molecule has 0 atom stereocenters. The number of carbonyl (C=O) groups is 2. The molecule has 0 saturated heterocycles. The van der Waals surface area contributed by atoms with Crippen LogP contribution in [-0.4, -0.2) is 46.4 Å². The summed E-state index contributed by atoms with van der Waals surface area (Å²) in [5.74, 6) is -2.18. The lowest BCUT2D eigenvalue weighted by atomic mass is 9.92. The fourth-order valence-electron chi connectivity index (χ4n) is 1.87. The smallest absolute Gasteiger partial charge is 0.346 e. The van der Waals surface area contributed by atoms with Crippen molar-refractivity contribution < 1.29 is 24.2 Å². The average molecular weight is 345 g/mol. The molecular formula is C16H31N3O5. The van der Waals surface area contributed by atoms with Crippen molar-refractivity contribution in [2.75, 3.05) is 6.61 Å². The number of unbranched alkanes of at least 4 members (excludes halogenated alkanes) is 1. The van der Waals surface area contributed by atoms with E-state index in [1.54, 1.807) is 41.5 Å². The lowest BCUT2D eigenvalue weighted by Gasteiger charge is -2.32. The Balaban J connectivity index is 5.90. The number of hydrogen-bond donors (Lipinski definition) is 3. The molecule has 0 aromatic rings. The molecule has 0 spiro atoms. The average Bonchev–Trinajstić information content (AvgIpc) is 2.32. The van der Waals surface area contributed by atoms with Crippen LogP contribution in [0, 0.1) is 0 Å². The van der Waals surface area contributed by atoms with Gasteiger partial charge in [-0.3, -0.25) is 0 Å². The molecule has 0 aromatic carbocycles. The van der Waals surface area contributed by atoms with E-state index < -0.39 is 34.6 Å². The van der Waals surface area contributed by atoms with Crippen molar-refractivity contribution >= 4 is 17.9 Å². The second kappa shape index (κ2) is 8.32. The van der Waals surface area contributed by atoms with Crippen molar-refractivity contribution in [3.8, 4) is 0 Å². The first-order valence-electron chi connectivity index (χ1n) is 7.92. The van der Waals surface area contributed by atoms with Crippen LogP contribution in [0.5, 0.6) is 0 Å². The van der Waals surface area contributed by atoms with Gasteiger partial charge in [-0.1, -0.05) is 0 Å². The van der Waals surface area contributed by atoms with Gasteiger partial charge in [-0.15, -0.1) is 0 Å². The fraction of sp³-hybridized carbons (Fsp3) is 0.812. The number of rotatable bonds is 7. The molecule has 0 unspecified atom stereocenters. The van der Waals surface area contributed by atoms with E-state index in [-0.39, 0.29) is 13.0 Å².